The molecule has 1 unspecified atom stereocenters. The maximum Gasteiger partial charge on any atom is 0.317 e. The number of nitrogens with zero attached hydrogens (tertiary/aromatic N) is 2. The largest absolute Gasteiger partial charge is 0.480 e. The fourth-order valence-electron chi connectivity index (χ4n) is 2.51. The number of aliphatic carboxylic acids is 1. The summed E-state index contributed by atoms with van der Waals surface area (Å²) in [7, 11) is 0. The Labute approximate surface area is 131 Å². The van der Waals surface area contributed by atoms with E-state index in [1.807, 2.05) is 4.90 Å². The van der Waals surface area contributed by atoms with Crippen LogP contribution >= 0.6 is 15.9 Å². The van der Waals surface area contributed by atoms with Gasteiger partial charge in [-0.3, -0.25) is 14.6 Å². The number of carboxylic acid groups (broad SMARTS) is 1. The molecule has 1 fully saturated rings. The highest BCUT2D eigenvalue weighted by Gasteiger charge is 2.24. The third-order valence-electron chi connectivity index (χ3n) is 3.47. The molecule has 2 rings (SSSR count). The first-order valence-corrected chi connectivity index (χ1v) is 7.68. The van der Waals surface area contributed by atoms with Crippen LogP contribution in [-0.2, 0) is 4.79 Å². The number of rotatable bonds is 5. The van der Waals surface area contributed by atoms with Crippen molar-refractivity contribution in [2.75, 3.05) is 26.2 Å². The molecule has 1 amide bonds. The fourth-order valence-corrected chi connectivity index (χ4v) is 2.88. The Hall–Kier alpha value is -1.47. The zero-order chi connectivity index (χ0) is 15.2. The monoisotopic (exact) mass is 355 g/mol. The molecule has 0 spiro atoms. The predicted octanol–water partition coefficient (Wildman–Crippen LogP) is 1.37. The lowest BCUT2D eigenvalue weighted by molar-refractivity contribution is -0.136. The summed E-state index contributed by atoms with van der Waals surface area (Å²) < 4.78 is 0.782. The van der Waals surface area contributed by atoms with Crippen molar-refractivity contribution in [2.45, 2.75) is 12.8 Å². The van der Waals surface area contributed by atoms with Crippen LogP contribution in [0.15, 0.2) is 22.9 Å². The van der Waals surface area contributed by atoms with Crippen molar-refractivity contribution in [2.24, 2.45) is 5.92 Å². The molecule has 0 radical (unpaired) electrons. The highest BCUT2D eigenvalue weighted by molar-refractivity contribution is 9.10. The molecule has 7 heteroatoms. The van der Waals surface area contributed by atoms with Gasteiger partial charge in [0.1, 0.15) is 0 Å². The smallest absolute Gasteiger partial charge is 0.317 e. The van der Waals surface area contributed by atoms with Crippen LogP contribution in [0.2, 0.25) is 0 Å². The molecule has 21 heavy (non-hydrogen) atoms. The van der Waals surface area contributed by atoms with E-state index in [-0.39, 0.29) is 12.5 Å². The maximum absolute atomic E-state index is 12.4. The van der Waals surface area contributed by atoms with Gasteiger partial charge in [-0.25, -0.2) is 0 Å². The quantitative estimate of drug-likeness (QED) is 0.833. The normalized spacial score (nSPS) is 18.5. The number of carboxylic acids is 1. The summed E-state index contributed by atoms with van der Waals surface area (Å²) >= 11 is 3.32. The molecular formula is C14H18BrN3O3. The number of carbonyl (C=O) groups excluding carboxylic acids is 1. The van der Waals surface area contributed by atoms with Gasteiger partial charge in [0, 0.05) is 36.5 Å². The predicted molar refractivity (Wildman–Crippen MR) is 81.1 cm³/mol. The van der Waals surface area contributed by atoms with E-state index < -0.39 is 5.97 Å². The number of likely N-dealkylation sites (tertiary alicyclic amines) is 1. The van der Waals surface area contributed by atoms with Gasteiger partial charge in [0.2, 0.25) is 0 Å². The number of halogens is 1. The molecule has 1 aromatic rings. The molecule has 1 saturated heterocycles. The van der Waals surface area contributed by atoms with Crippen LogP contribution in [0.1, 0.15) is 23.2 Å². The molecule has 2 N–H and O–H groups in total. The lowest BCUT2D eigenvalue weighted by atomic mass is 9.97. The zero-order valence-corrected chi connectivity index (χ0v) is 13.2. The molecular weight excluding hydrogens is 338 g/mol. The maximum atomic E-state index is 12.4. The fraction of sp³-hybridized carbons (Fsp3) is 0.500. The van der Waals surface area contributed by atoms with E-state index in [2.05, 4.69) is 26.2 Å². The molecule has 114 valence electrons. The minimum Gasteiger partial charge on any atom is -0.480 e. The molecule has 0 aromatic carbocycles. The Morgan fingerprint density at radius 2 is 2.29 bits per heavy atom. The second-order valence-electron chi connectivity index (χ2n) is 5.18. The summed E-state index contributed by atoms with van der Waals surface area (Å²) in [6.45, 7) is 1.96. The lowest BCUT2D eigenvalue weighted by Crippen LogP contribution is -2.43. The number of hydrogen-bond donors (Lipinski definition) is 2. The van der Waals surface area contributed by atoms with Crippen molar-refractivity contribution < 1.29 is 14.7 Å². The van der Waals surface area contributed by atoms with E-state index in [4.69, 9.17) is 5.11 Å². The Bertz CT molecular complexity index is 524. The van der Waals surface area contributed by atoms with Crippen molar-refractivity contribution in [1.82, 2.24) is 15.2 Å². The number of pyridine rings is 1. The van der Waals surface area contributed by atoms with Crippen LogP contribution in [0.4, 0.5) is 0 Å². The Morgan fingerprint density at radius 1 is 1.48 bits per heavy atom. The van der Waals surface area contributed by atoms with E-state index in [1.165, 1.54) is 0 Å². The van der Waals surface area contributed by atoms with Crippen molar-refractivity contribution >= 4 is 27.8 Å². The SMILES string of the molecule is O=C(O)CNCC1CCCN(C(=O)c2cncc(Br)c2)C1. The van der Waals surface area contributed by atoms with Crippen LogP contribution in [0.3, 0.4) is 0 Å². The zero-order valence-electron chi connectivity index (χ0n) is 11.6. The third-order valence-corrected chi connectivity index (χ3v) is 3.90. The van der Waals surface area contributed by atoms with Gasteiger partial charge in [-0.1, -0.05) is 0 Å². The average Bonchev–Trinajstić information content (AvgIpc) is 2.46. The van der Waals surface area contributed by atoms with Gasteiger partial charge in [-0.05, 0) is 40.8 Å². The minimum absolute atomic E-state index is 0.0215. The van der Waals surface area contributed by atoms with Crippen molar-refractivity contribution in [1.29, 1.82) is 0 Å². The third kappa shape index (κ3) is 4.78. The molecule has 1 aromatic heterocycles. The summed E-state index contributed by atoms with van der Waals surface area (Å²) in [6, 6.07) is 1.77. The number of carbonyl (C=O) groups is 2. The van der Waals surface area contributed by atoms with Gasteiger partial charge < -0.3 is 15.3 Å². The van der Waals surface area contributed by atoms with Gasteiger partial charge in [0.15, 0.2) is 0 Å². The van der Waals surface area contributed by atoms with Crippen LogP contribution in [0, 0.1) is 5.92 Å². The molecule has 1 atom stereocenters. The highest BCUT2D eigenvalue weighted by atomic mass is 79.9. The van der Waals surface area contributed by atoms with Crippen molar-refractivity contribution in [3.63, 3.8) is 0 Å². The van der Waals surface area contributed by atoms with Crippen molar-refractivity contribution in [3.8, 4) is 0 Å². The number of amides is 1. The topological polar surface area (TPSA) is 82.5 Å². The van der Waals surface area contributed by atoms with E-state index in [0.29, 0.717) is 24.6 Å². The average molecular weight is 356 g/mol. The van der Waals surface area contributed by atoms with E-state index in [1.54, 1.807) is 18.5 Å². The number of piperidine rings is 1. The first kappa shape index (κ1) is 15.9. The lowest BCUT2D eigenvalue weighted by Gasteiger charge is -2.33. The van der Waals surface area contributed by atoms with Crippen LogP contribution in [-0.4, -0.2) is 53.0 Å². The first-order valence-electron chi connectivity index (χ1n) is 6.88. The van der Waals surface area contributed by atoms with Crippen LogP contribution in [0.5, 0.6) is 0 Å². The van der Waals surface area contributed by atoms with Gasteiger partial charge in [-0.2, -0.15) is 0 Å². The number of nitrogens with one attached hydrogen (secondary N) is 1. The van der Waals surface area contributed by atoms with Crippen LogP contribution < -0.4 is 5.32 Å². The minimum atomic E-state index is -0.862. The second kappa shape index (κ2) is 7.51. The molecule has 0 aliphatic carbocycles. The molecule has 2 heterocycles. The second-order valence-corrected chi connectivity index (χ2v) is 6.09. The number of hydrogen-bond acceptors (Lipinski definition) is 4. The number of aromatic nitrogens is 1. The molecule has 6 nitrogen and oxygen atoms in total. The van der Waals surface area contributed by atoms with Gasteiger partial charge in [0.25, 0.3) is 5.91 Å². The molecule has 0 saturated carbocycles. The molecule has 1 aliphatic rings. The van der Waals surface area contributed by atoms with E-state index in [9.17, 15) is 9.59 Å². The van der Waals surface area contributed by atoms with E-state index >= 15 is 0 Å². The standard InChI is InChI=1S/C14H18BrN3O3/c15-12-4-11(6-17-7-12)14(21)18-3-1-2-10(9-18)5-16-8-13(19)20/h4,6-7,10,16H,1-3,5,8-9H2,(H,19,20). The Kier molecular flexibility index (Phi) is 5.69. The summed E-state index contributed by atoms with van der Waals surface area (Å²) in [5.74, 6) is -0.590. The summed E-state index contributed by atoms with van der Waals surface area (Å²) in [5, 5.41) is 11.5. The molecule has 0 bridgehead atoms. The Balaban J connectivity index is 1.91. The van der Waals surface area contributed by atoms with Crippen LogP contribution in [0.25, 0.3) is 0 Å². The Morgan fingerprint density at radius 3 is 3.00 bits per heavy atom. The van der Waals surface area contributed by atoms with Gasteiger partial charge >= 0.3 is 5.97 Å². The summed E-state index contributed by atoms with van der Waals surface area (Å²) in [5.41, 5.74) is 0.573. The first-order chi connectivity index (χ1) is 10.1. The highest BCUT2D eigenvalue weighted by Crippen LogP contribution is 2.19. The van der Waals surface area contributed by atoms with E-state index in [0.717, 1.165) is 23.9 Å². The molecule has 1 aliphatic heterocycles. The van der Waals surface area contributed by atoms with Gasteiger partial charge in [-0.15, -0.1) is 0 Å². The van der Waals surface area contributed by atoms with Crippen molar-refractivity contribution in [3.05, 3.63) is 28.5 Å². The van der Waals surface area contributed by atoms with Gasteiger partial charge in [0.05, 0.1) is 12.1 Å². The summed E-state index contributed by atoms with van der Waals surface area (Å²) in [6.07, 6.45) is 5.16. The summed E-state index contributed by atoms with van der Waals surface area (Å²) in [4.78, 5) is 28.8.